The Morgan fingerprint density at radius 1 is 1.09 bits per heavy atom. The van der Waals surface area contributed by atoms with Crippen LogP contribution in [0.25, 0.3) is 16.8 Å². The van der Waals surface area contributed by atoms with Gasteiger partial charge < -0.3 is 14.0 Å². The second-order valence-corrected chi connectivity index (χ2v) is 11.3. The molecule has 34 heavy (non-hydrogen) atoms. The monoisotopic (exact) mass is 484 g/mol. The number of carbonyl (C=O) groups excluding carboxylic acids is 1. The lowest BCUT2D eigenvalue weighted by atomic mass is 9.88. The van der Waals surface area contributed by atoms with Gasteiger partial charge in [0.15, 0.2) is 0 Å². The highest BCUT2D eigenvalue weighted by molar-refractivity contribution is 7.89. The maximum atomic E-state index is 15.4. The third-order valence-corrected chi connectivity index (χ3v) is 9.05. The molecule has 1 amide bonds. The molecule has 3 aliphatic rings. The zero-order valence-corrected chi connectivity index (χ0v) is 19.3. The van der Waals surface area contributed by atoms with Crippen LogP contribution in [0, 0.1) is 0 Å². The summed E-state index contributed by atoms with van der Waals surface area (Å²) in [6.07, 6.45) is 6.05. The number of ether oxygens (including phenoxy) is 1. The number of aromatic nitrogens is 2. The van der Waals surface area contributed by atoms with E-state index in [1.54, 1.807) is 35.4 Å². The lowest BCUT2D eigenvalue weighted by Gasteiger charge is -2.48. The minimum Gasteiger partial charge on any atom is -0.360 e. The SMILES string of the molecule is O=C1COC2(CCN(S(=O)(=O)c3ccc(-c4ccn5ccnc5c4)cc3)CC2F)CN1C1CC1. The van der Waals surface area contributed by atoms with E-state index in [2.05, 4.69) is 4.98 Å². The van der Waals surface area contributed by atoms with Gasteiger partial charge >= 0.3 is 0 Å². The maximum absolute atomic E-state index is 15.4. The topological polar surface area (TPSA) is 84.2 Å². The van der Waals surface area contributed by atoms with Gasteiger partial charge in [-0.3, -0.25) is 4.79 Å². The summed E-state index contributed by atoms with van der Waals surface area (Å²) >= 11 is 0. The van der Waals surface area contributed by atoms with Crippen molar-refractivity contribution in [1.29, 1.82) is 0 Å². The van der Waals surface area contributed by atoms with E-state index in [9.17, 15) is 13.2 Å². The van der Waals surface area contributed by atoms with Crippen molar-refractivity contribution < 1.29 is 22.3 Å². The van der Waals surface area contributed by atoms with Gasteiger partial charge in [-0.1, -0.05) is 12.1 Å². The van der Waals surface area contributed by atoms with Gasteiger partial charge in [-0.05, 0) is 54.7 Å². The minimum atomic E-state index is -3.86. The Morgan fingerprint density at radius 2 is 1.88 bits per heavy atom. The first kappa shape index (κ1) is 21.7. The Balaban J connectivity index is 1.19. The predicted octanol–water partition coefficient (Wildman–Crippen LogP) is 2.49. The fraction of sp³-hybridized carbons (Fsp3) is 0.417. The first-order valence-corrected chi connectivity index (χ1v) is 12.9. The summed E-state index contributed by atoms with van der Waals surface area (Å²) in [7, 11) is -3.86. The van der Waals surface area contributed by atoms with Crippen molar-refractivity contribution in [3.63, 3.8) is 0 Å². The van der Waals surface area contributed by atoms with Crippen molar-refractivity contribution in [2.45, 2.75) is 42.0 Å². The number of sulfonamides is 1. The van der Waals surface area contributed by atoms with Crippen LogP contribution in [-0.2, 0) is 19.6 Å². The number of pyridine rings is 1. The van der Waals surface area contributed by atoms with E-state index >= 15 is 4.39 Å². The zero-order valence-electron chi connectivity index (χ0n) is 18.5. The number of piperidine rings is 1. The van der Waals surface area contributed by atoms with Gasteiger partial charge in [-0.25, -0.2) is 17.8 Å². The number of rotatable bonds is 4. The van der Waals surface area contributed by atoms with E-state index in [1.807, 2.05) is 28.9 Å². The van der Waals surface area contributed by atoms with Gasteiger partial charge in [-0.2, -0.15) is 4.31 Å². The number of carbonyl (C=O) groups is 1. The number of morpholine rings is 1. The quantitative estimate of drug-likeness (QED) is 0.568. The summed E-state index contributed by atoms with van der Waals surface area (Å²) < 4.78 is 50.7. The smallest absolute Gasteiger partial charge is 0.248 e. The molecular formula is C24H25FN4O4S. The van der Waals surface area contributed by atoms with E-state index in [-0.39, 0.29) is 49.5 Å². The summed E-state index contributed by atoms with van der Waals surface area (Å²) in [6.45, 7) is -0.0854. The van der Waals surface area contributed by atoms with E-state index in [1.165, 1.54) is 4.31 Å². The van der Waals surface area contributed by atoms with Crippen molar-refractivity contribution in [3.05, 3.63) is 55.0 Å². The van der Waals surface area contributed by atoms with Gasteiger partial charge in [0.1, 0.15) is 24.0 Å². The molecule has 10 heteroatoms. The van der Waals surface area contributed by atoms with E-state index in [4.69, 9.17) is 4.74 Å². The van der Waals surface area contributed by atoms with Crippen LogP contribution >= 0.6 is 0 Å². The van der Waals surface area contributed by atoms with Crippen LogP contribution < -0.4 is 0 Å². The second kappa shape index (κ2) is 7.86. The number of imidazole rings is 1. The zero-order chi connectivity index (χ0) is 23.5. The van der Waals surface area contributed by atoms with E-state index in [0.717, 1.165) is 29.6 Å². The molecule has 178 valence electrons. The Kier molecular flexibility index (Phi) is 5.02. The number of hydrogen-bond donors (Lipinski definition) is 0. The van der Waals surface area contributed by atoms with Crippen LogP contribution in [0.4, 0.5) is 4.39 Å². The first-order chi connectivity index (χ1) is 16.4. The third-order valence-electron chi connectivity index (χ3n) is 7.17. The standard InChI is InChI=1S/C24H25FN4O4S/c25-21-14-28(11-8-24(21)16-29(19-3-4-19)23(30)15-33-24)34(31,32)20-5-1-17(2-6-20)18-7-10-27-12-9-26-22(27)13-18/h1-2,5-7,9-10,12-13,19,21H,3-4,8,11,14-16H2. The predicted molar refractivity (Wildman–Crippen MR) is 122 cm³/mol. The molecule has 4 heterocycles. The van der Waals surface area contributed by atoms with Crippen LogP contribution in [0.1, 0.15) is 19.3 Å². The lowest BCUT2D eigenvalue weighted by Crippen LogP contribution is -2.65. The highest BCUT2D eigenvalue weighted by Gasteiger charge is 2.53. The van der Waals surface area contributed by atoms with Crippen LogP contribution in [0.5, 0.6) is 0 Å². The molecule has 3 fully saturated rings. The van der Waals surface area contributed by atoms with E-state index < -0.39 is 21.8 Å². The van der Waals surface area contributed by atoms with Gasteiger partial charge in [0.2, 0.25) is 15.9 Å². The fourth-order valence-electron chi connectivity index (χ4n) is 4.95. The average molecular weight is 485 g/mol. The summed E-state index contributed by atoms with van der Waals surface area (Å²) in [5.74, 6) is -0.109. The Hall–Kier alpha value is -2.82. The van der Waals surface area contributed by atoms with Gasteiger partial charge in [-0.15, -0.1) is 0 Å². The Bertz CT molecular complexity index is 1350. The maximum Gasteiger partial charge on any atom is 0.248 e. The van der Waals surface area contributed by atoms with Crippen molar-refractivity contribution in [2.24, 2.45) is 0 Å². The molecule has 1 aliphatic carbocycles. The van der Waals surface area contributed by atoms with Crippen LogP contribution in [0.15, 0.2) is 59.9 Å². The molecule has 1 aromatic carbocycles. The van der Waals surface area contributed by atoms with Gasteiger partial charge in [0.05, 0.1) is 11.4 Å². The second-order valence-electron chi connectivity index (χ2n) is 9.32. The summed E-state index contributed by atoms with van der Waals surface area (Å²) in [4.78, 5) is 18.3. The minimum absolute atomic E-state index is 0.109. The van der Waals surface area contributed by atoms with Gasteiger partial charge in [0, 0.05) is 37.7 Å². The molecule has 2 aromatic heterocycles. The van der Waals surface area contributed by atoms with Crippen LogP contribution in [-0.4, -0.2) is 77.0 Å². The summed E-state index contributed by atoms with van der Waals surface area (Å²) in [5.41, 5.74) is 1.47. The number of amides is 1. The molecule has 1 spiro atoms. The van der Waals surface area contributed by atoms with Gasteiger partial charge in [0.25, 0.3) is 0 Å². The first-order valence-electron chi connectivity index (χ1n) is 11.5. The number of nitrogens with zero attached hydrogens (tertiary/aromatic N) is 4. The number of fused-ring (bicyclic) bond motifs is 1. The largest absolute Gasteiger partial charge is 0.360 e. The molecule has 1 saturated carbocycles. The Labute approximate surface area is 197 Å². The Morgan fingerprint density at radius 3 is 2.62 bits per heavy atom. The van der Waals surface area contributed by atoms with Crippen molar-refractivity contribution >= 4 is 21.6 Å². The lowest BCUT2D eigenvalue weighted by molar-refractivity contribution is -0.185. The number of halogens is 1. The normalized spacial score (nSPS) is 26.4. The molecule has 0 radical (unpaired) electrons. The molecule has 2 atom stereocenters. The molecule has 0 bridgehead atoms. The number of hydrogen-bond acceptors (Lipinski definition) is 5. The van der Waals surface area contributed by atoms with Crippen LogP contribution in [0.3, 0.4) is 0 Å². The summed E-state index contributed by atoms with van der Waals surface area (Å²) in [6, 6.07) is 10.7. The molecule has 3 aromatic rings. The van der Waals surface area contributed by atoms with Crippen molar-refractivity contribution in [1.82, 2.24) is 18.6 Å². The highest BCUT2D eigenvalue weighted by atomic mass is 32.2. The van der Waals surface area contributed by atoms with Crippen molar-refractivity contribution in [2.75, 3.05) is 26.2 Å². The molecule has 2 aliphatic heterocycles. The molecule has 8 nitrogen and oxygen atoms in total. The number of benzene rings is 1. The van der Waals surface area contributed by atoms with E-state index in [0.29, 0.717) is 0 Å². The number of alkyl halides is 1. The van der Waals surface area contributed by atoms with Crippen molar-refractivity contribution in [3.8, 4) is 11.1 Å². The molecule has 2 saturated heterocycles. The van der Waals surface area contributed by atoms with Crippen LogP contribution in [0.2, 0.25) is 0 Å². The third kappa shape index (κ3) is 3.60. The summed E-state index contributed by atoms with van der Waals surface area (Å²) in [5, 5.41) is 0. The fourth-order valence-corrected chi connectivity index (χ4v) is 6.39. The molecule has 0 N–H and O–H groups in total. The average Bonchev–Trinajstić information content (AvgIpc) is 3.58. The highest BCUT2D eigenvalue weighted by Crippen LogP contribution is 2.38. The molecular weight excluding hydrogens is 459 g/mol. The molecule has 6 rings (SSSR count). The molecule has 2 unspecified atom stereocenters.